The van der Waals surface area contributed by atoms with Crippen LogP contribution < -0.4 is 9.64 Å². The molecule has 0 unspecified atom stereocenters. The van der Waals surface area contributed by atoms with Crippen LogP contribution in [0.25, 0.3) is 0 Å². The van der Waals surface area contributed by atoms with Gasteiger partial charge in [-0.05, 0) is 25.1 Å². The number of para-hydroxylation sites is 1. The Hall–Kier alpha value is -2.29. The van der Waals surface area contributed by atoms with Gasteiger partial charge in [0, 0.05) is 18.3 Å². The Kier molecular flexibility index (Phi) is 4.41. The molecule has 0 aliphatic carbocycles. The van der Waals surface area contributed by atoms with Crippen molar-refractivity contribution in [2.24, 2.45) is 0 Å². The van der Waals surface area contributed by atoms with Crippen LogP contribution in [0.2, 0.25) is 0 Å². The second-order valence-electron chi connectivity index (χ2n) is 4.78. The van der Waals surface area contributed by atoms with Crippen LogP contribution in [-0.2, 0) is 11.2 Å². The number of hydrogen-bond acceptors (Lipinski definition) is 2. The highest BCUT2D eigenvalue weighted by Gasteiger charge is 2.14. The summed E-state index contributed by atoms with van der Waals surface area (Å²) in [6.07, 6.45) is 0.330. The van der Waals surface area contributed by atoms with Crippen LogP contribution in [0.4, 0.5) is 5.69 Å². The molecule has 0 fully saturated rings. The second-order valence-corrected chi connectivity index (χ2v) is 4.78. The molecule has 0 saturated heterocycles. The van der Waals surface area contributed by atoms with E-state index in [9.17, 15) is 4.79 Å². The predicted octanol–water partition coefficient (Wildman–Crippen LogP) is 3.21. The summed E-state index contributed by atoms with van der Waals surface area (Å²) in [4.78, 5) is 14.0. The van der Waals surface area contributed by atoms with Gasteiger partial charge in [-0.25, -0.2) is 0 Å². The molecule has 0 saturated carbocycles. The first-order valence-electron chi connectivity index (χ1n) is 6.57. The lowest BCUT2D eigenvalue weighted by molar-refractivity contribution is -0.117. The van der Waals surface area contributed by atoms with Gasteiger partial charge >= 0.3 is 0 Å². The number of carbonyl (C=O) groups is 1. The number of likely N-dealkylation sites (N-methyl/N-ethyl adjacent to an activating group) is 1. The molecule has 3 nitrogen and oxygen atoms in total. The molecule has 2 aromatic rings. The van der Waals surface area contributed by atoms with Gasteiger partial charge in [-0.15, -0.1) is 0 Å². The topological polar surface area (TPSA) is 29.5 Å². The molecular weight excluding hydrogens is 250 g/mol. The van der Waals surface area contributed by atoms with E-state index in [1.807, 2.05) is 55.5 Å². The minimum Gasteiger partial charge on any atom is -0.496 e. The number of carbonyl (C=O) groups excluding carboxylic acids is 1. The van der Waals surface area contributed by atoms with Crippen LogP contribution in [0.1, 0.15) is 11.1 Å². The summed E-state index contributed by atoms with van der Waals surface area (Å²) in [5, 5.41) is 0. The van der Waals surface area contributed by atoms with Crippen molar-refractivity contribution in [2.75, 3.05) is 19.1 Å². The van der Waals surface area contributed by atoms with Crippen molar-refractivity contribution in [3.63, 3.8) is 0 Å². The summed E-state index contributed by atoms with van der Waals surface area (Å²) >= 11 is 0. The Bertz CT molecular complexity index is 593. The summed E-state index contributed by atoms with van der Waals surface area (Å²) in [6.45, 7) is 2.01. The van der Waals surface area contributed by atoms with E-state index in [1.54, 1.807) is 19.1 Å². The highest BCUT2D eigenvalue weighted by Crippen LogP contribution is 2.21. The molecule has 20 heavy (non-hydrogen) atoms. The fourth-order valence-electron chi connectivity index (χ4n) is 2.12. The van der Waals surface area contributed by atoms with E-state index in [1.165, 1.54) is 0 Å². The Labute approximate surface area is 119 Å². The first-order chi connectivity index (χ1) is 9.61. The number of ether oxygens (including phenoxy) is 1. The average molecular weight is 269 g/mol. The normalized spacial score (nSPS) is 10.2. The standard InChI is InChI=1S/C17H19NO2/c1-13-9-10-16(20-3)14(11-13)12-17(19)18(2)15-7-5-4-6-8-15/h4-11H,12H2,1-3H3. The molecule has 104 valence electrons. The number of rotatable bonds is 4. The average Bonchev–Trinajstić information content (AvgIpc) is 2.47. The molecule has 0 N–H and O–H groups in total. The fourth-order valence-corrected chi connectivity index (χ4v) is 2.12. The number of benzene rings is 2. The number of anilines is 1. The molecule has 0 aliphatic heterocycles. The summed E-state index contributed by atoms with van der Waals surface area (Å²) in [6, 6.07) is 15.5. The summed E-state index contributed by atoms with van der Waals surface area (Å²) in [7, 11) is 3.42. The van der Waals surface area contributed by atoms with E-state index in [-0.39, 0.29) is 5.91 Å². The molecule has 0 bridgehead atoms. The van der Waals surface area contributed by atoms with Crippen LogP contribution >= 0.6 is 0 Å². The summed E-state index contributed by atoms with van der Waals surface area (Å²) < 4.78 is 5.32. The third kappa shape index (κ3) is 3.18. The molecule has 0 aromatic heterocycles. The minimum absolute atomic E-state index is 0.0418. The van der Waals surface area contributed by atoms with Crippen molar-refractivity contribution in [3.8, 4) is 5.75 Å². The molecule has 0 heterocycles. The van der Waals surface area contributed by atoms with Crippen molar-refractivity contribution in [2.45, 2.75) is 13.3 Å². The molecule has 0 spiro atoms. The molecule has 0 aliphatic rings. The maximum absolute atomic E-state index is 12.4. The molecule has 0 atom stereocenters. The minimum atomic E-state index is 0.0418. The van der Waals surface area contributed by atoms with Crippen LogP contribution in [0.5, 0.6) is 5.75 Å². The Morgan fingerprint density at radius 1 is 1.15 bits per heavy atom. The van der Waals surface area contributed by atoms with Crippen molar-refractivity contribution in [3.05, 3.63) is 59.7 Å². The van der Waals surface area contributed by atoms with Crippen LogP contribution in [-0.4, -0.2) is 20.1 Å². The maximum atomic E-state index is 12.4. The fraction of sp³-hybridized carbons (Fsp3) is 0.235. The highest BCUT2D eigenvalue weighted by atomic mass is 16.5. The van der Waals surface area contributed by atoms with Gasteiger partial charge in [0.15, 0.2) is 0 Å². The Balaban J connectivity index is 2.18. The van der Waals surface area contributed by atoms with E-state index >= 15 is 0 Å². The predicted molar refractivity (Wildman–Crippen MR) is 81.3 cm³/mol. The second kappa shape index (κ2) is 6.24. The number of nitrogens with zero attached hydrogens (tertiary/aromatic N) is 1. The third-order valence-electron chi connectivity index (χ3n) is 3.30. The molecule has 2 aromatic carbocycles. The highest BCUT2D eigenvalue weighted by molar-refractivity contribution is 5.94. The lowest BCUT2D eigenvalue weighted by Gasteiger charge is -2.18. The number of amides is 1. The van der Waals surface area contributed by atoms with Gasteiger partial charge in [0.05, 0.1) is 13.5 Å². The van der Waals surface area contributed by atoms with E-state index in [2.05, 4.69) is 0 Å². The number of aryl methyl sites for hydroxylation is 1. The molecule has 2 rings (SSSR count). The number of methoxy groups -OCH3 is 1. The van der Waals surface area contributed by atoms with Gasteiger partial charge < -0.3 is 9.64 Å². The first-order valence-corrected chi connectivity index (χ1v) is 6.57. The van der Waals surface area contributed by atoms with Gasteiger partial charge in [-0.3, -0.25) is 4.79 Å². The molecule has 1 amide bonds. The largest absolute Gasteiger partial charge is 0.496 e. The van der Waals surface area contributed by atoms with E-state index < -0.39 is 0 Å². The van der Waals surface area contributed by atoms with Gasteiger partial charge in [0.2, 0.25) is 5.91 Å². The molecule has 3 heteroatoms. The SMILES string of the molecule is COc1ccc(C)cc1CC(=O)N(C)c1ccccc1. The van der Waals surface area contributed by atoms with Crippen LogP contribution in [0.3, 0.4) is 0 Å². The van der Waals surface area contributed by atoms with Crippen LogP contribution in [0.15, 0.2) is 48.5 Å². The zero-order chi connectivity index (χ0) is 14.5. The van der Waals surface area contributed by atoms with Gasteiger partial charge in [-0.1, -0.05) is 35.9 Å². The van der Waals surface area contributed by atoms with Crippen LogP contribution in [0, 0.1) is 6.92 Å². The zero-order valence-electron chi connectivity index (χ0n) is 12.1. The van der Waals surface area contributed by atoms with E-state index in [0.29, 0.717) is 6.42 Å². The van der Waals surface area contributed by atoms with Crippen molar-refractivity contribution in [1.29, 1.82) is 0 Å². The molecular formula is C17H19NO2. The smallest absolute Gasteiger partial charge is 0.231 e. The Morgan fingerprint density at radius 2 is 1.85 bits per heavy atom. The molecule has 0 radical (unpaired) electrons. The third-order valence-corrected chi connectivity index (χ3v) is 3.30. The summed E-state index contributed by atoms with van der Waals surface area (Å²) in [5.74, 6) is 0.797. The van der Waals surface area contributed by atoms with E-state index in [0.717, 1.165) is 22.6 Å². The van der Waals surface area contributed by atoms with Gasteiger partial charge in [0.1, 0.15) is 5.75 Å². The van der Waals surface area contributed by atoms with E-state index in [4.69, 9.17) is 4.74 Å². The Morgan fingerprint density at radius 3 is 2.50 bits per heavy atom. The van der Waals surface area contributed by atoms with Gasteiger partial charge in [0.25, 0.3) is 0 Å². The van der Waals surface area contributed by atoms with Crippen molar-refractivity contribution >= 4 is 11.6 Å². The first kappa shape index (κ1) is 14.1. The monoisotopic (exact) mass is 269 g/mol. The quantitative estimate of drug-likeness (QED) is 0.853. The van der Waals surface area contributed by atoms with Gasteiger partial charge in [-0.2, -0.15) is 0 Å². The number of hydrogen-bond donors (Lipinski definition) is 0. The van der Waals surface area contributed by atoms with Crippen molar-refractivity contribution < 1.29 is 9.53 Å². The maximum Gasteiger partial charge on any atom is 0.231 e. The lowest BCUT2D eigenvalue weighted by Crippen LogP contribution is -2.27. The zero-order valence-corrected chi connectivity index (χ0v) is 12.1. The lowest BCUT2D eigenvalue weighted by atomic mass is 10.1. The van der Waals surface area contributed by atoms with Crippen molar-refractivity contribution in [1.82, 2.24) is 0 Å². The summed E-state index contributed by atoms with van der Waals surface area (Å²) in [5.41, 5.74) is 2.93.